The van der Waals surface area contributed by atoms with Gasteiger partial charge in [0.25, 0.3) is 5.91 Å². The quantitative estimate of drug-likeness (QED) is 0.229. The number of para-hydroxylation sites is 1. The van der Waals surface area contributed by atoms with Crippen LogP contribution in [-0.2, 0) is 10.3 Å². The number of nitrogens with one attached hydrogen (secondary N) is 1. The average Bonchev–Trinajstić information content (AvgIpc) is 3.50. The Balaban J connectivity index is 1.48. The topological polar surface area (TPSA) is 107 Å². The number of halogens is 2. The molecule has 1 saturated heterocycles. The number of carbonyl (C=O) groups is 2. The minimum absolute atomic E-state index is 0.0721. The van der Waals surface area contributed by atoms with Crippen molar-refractivity contribution in [1.82, 2.24) is 20.1 Å². The Labute approximate surface area is 233 Å². The SMILES string of the molecule is COc1ccc(-c2nn(-c3ccccc3)cc2/C=N\N2C(=O)N[C@](C)(c3ccc(OC(F)F)cc3)C2=O)cc1OC. The number of imide groups is 1. The van der Waals surface area contributed by atoms with Crippen molar-refractivity contribution in [2.45, 2.75) is 19.1 Å². The molecule has 1 aromatic heterocycles. The molecule has 0 spiro atoms. The third-order valence-corrected chi connectivity index (χ3v) is 6.56. The molecule has 12 heteroatoms. The molecule has 1 N–H and O–H groups in total. The lowest BCUT2D eigenvalue weighted by Gasteiger charge is -2.21. The average molecular weight is 562 g/mol. The van der Waals surface area contributed by atoms with Crippen LogP contribution in [0.5, 0.6) is 17.2 Å². The van der Waals surface area contributed by atoms with E-state index in [4.69, 9.17) is 14.6 Å². The number of nitrogens with zero attached hydrogens (tertiary/aromatic N) is 4. The van der Waals surface area contributed by atoms with Crippen LogP contribution < -0.4 is 19.5 Å². The highest BCUT2D eigenvalue weighted by Crippen LogP contribution is 2.34. The number of hydrogen-bond donors (Lipinski definition) is 1. The van der Waals surface area contributed by atoms with Gasteiger partial charge in [0.2, 0.25) is 0 Å². The minimum Gasteiger partial charge on any atom is -0.493 e. The van der Waals surface area contributed by atoms with E-state index >= 15 is 0 Å². The van der Waals surface area contributed by atoms with Crippen LogP contribution in [0.25, 0.3) is 16.9 Å². The molecule has 0 radical (unpaired) electrons. The molecule has 210 valence electrons. The highest BCUT2D eigenvalue weighted by Gasteiger charge is 2.49. The Morgan fingerprint density at radius 1 is 0.976 bits per heavy atom. The van der Waals surface area contributed by atoms with E-state index in [0.29, 0.717) is 33.9 Å². The zero-order valence-corrected chi connectivity index (χ0v) is 22.2. The first kappa shape index (κ1) is 27.3. The number of hydrazone groups is 1. The summed E-state index contributed by atoms with van der Waals surface area (Å²) in [6, 6.07) is 19.4. The molecular formula is C29H25F2N5O5. The van der Waals surface area contributed by atoms with E-state index in [1.165, 1.54) is 51.6 Å². The summed E-state index contributed by atoms with van der Waals surface area (Å²) in [5, 5.41) is 12.3. The molecular weight excluding hydrogens is 536 g/mol. The third kappa shape index (κ3) is 5.31. The standard InChI is InChI=1S/C29H25F2N5O5/c1-29(20-10-12-22(13-11-20)41-27(30)31)26(37)36(28(38)33-29)32-16-19-17-35(21-7-5-4-6-8-21)34-25(19)18-9-14-23(39-2)24(15-18)40-3/h4-17,27H,1-3H3,(H,33,38)/b32-16-/t29-/m1/s1. The number of benzene rings is 3. The van der Waals surface area contributed by atoms with Crippen molar-refractivity contribution >= 4 is 18.2 Å². The predicted molar refractivity (Wildman–Crippen MR) is 146 cm³/mol. The van der Waals surface area contributed by atoms with Gasteiger partial charge in [-0.1, -0.05) is 30.3 Å². The zero-order valence-electron chi connectivity index (χ0n) is 22.2. The lowest BCUT2D eigenvalue weighted by atomic mass is 9.92. The number of amides is 3. The van der Waals surface area contributed by atoms with Crippen molar-refractivity contribution in [1.29, 1.82) is 0 Å². The molecule has 4 aromatic rings. The molecule has 41 heavy (non-hydrogen) atoms. The van der Waals surface area contributed by atoms with Gasteiger partial charge >= 0.3 is 12.6 Å². The number of hydrogen-bond acceptors (Lipinski definition) is 7. The summed E-state index contributed by atoms with van der Waals surface area (Å²) in [4.78, 5) is 26.2. The maximum atomic E-state index is 13.4. The number of methoxy groups -OCH3 is 2. The molecule has 0 aliphatic carbocycles. The molecule has 0 saturated carbocycles. The minimum atomic E-state index is -2.98. The molecule has 3 aromatic carbocycles. The highest BCUT2D eigenvalue weighted by atomic mass is 19.3. The van der Waals surface area contributed by atoms with Crippen LogP contribution in [0.3, 0.4) is 0 Å². The molecule has 1 aliphatic rings. The van der Waals surface area contributed by atoms with Gasteiger partial charge in [-0.2, -0.15) is 19.0 Å². The second-order valence-corrected chi connectivity index (χ2v) is 9.10. The lowest BCUT2D eigenvalue weighted by molar-refractivity contribution is -0.131. The first-order chi connectivity index (χ1) is 19.7. The van der Waals surface area contributed by atoms with Crippen LogP contribution in [0.1, 0.15) is 18.1 Å². The molecule has 10 nitrogen and oxygen atoms in total. The Morgan fingerprint density at radius 3 is 2.34 bits per heavy atom. The van der Waals surface area contributed by atoms with Crippen LogP contribution >= 0.6 is 0 Å². The number of rotatable bonds is 9. The molecule has 1 atom stereocenters. The number of ether oxygens (including phenoxy) is 3. The summed E-state index contributed by atoms with van der Waals surface area (Å²) in [6.07, 6.45) is 3.10. The van der Waals surface area contributed by atoms with E-state index in [9.17, 15) is 18.4 Å². The van der Waals surface area contributed by atoms with Gasteiger partial charge in [-0.15, -0.1) is 5.01 Å². The van der Waals surface area contributed by atoms with Crippen molar-refractivity contribution in [3.63, 3.8) is 0 Å². The van der Waals surface area contributed by atoms with Gasteiger partial charge in [0.05, 0.1) is 26.1 Å². The number of alkyl halides is 2. The molecule has 0 unspecified atom stereocenters. The third-order valence-electron chi connectivity index (χ3n) is 6.56. The normalized spacial score (nSPS) is 16.9. The number of urea groups is 1. The van der Waals surface area contributed by atoms with Gasteiger partial charge in [-0.3, -0.25) is 4.79 Å². The number of aromatic nitrogens is 2. The first-order valence-corrected chi connectivity index (χ1v) is 12.4. The Hall–Kier alpha value is -5.26. The summed E-state index contributed by atoms with van der Waals surface area (Å²) in [7, 11) is 3.07. The fraction of sp³-hybridized carbons (Fsp3) is 0.172. The van der Waals surface area contributed by atoms with Crippen molar-refractivity contribution in [3.8, 4) is 34.2 Å². The summed E-state index contributed by atoms with van der Waals surface area (Å²) in [5.74, 6) is 0.319. The van der Waals surface area contributed by atoms with Gasteiger partial charge in [0.15, 0.2) is 11.5 Å². The van der Waals surface area contributed by atoms with Crippen LogP contribution in [0.15, 0.2) is 84.1 Å². The first-order valence-electron chi connectivity index (χ1n) is 12.4. The van der Waals surface area contributed by atoms with Gasteiger partial charge in [0.1, 0.15) is 17.0 Å². The summed E-state index contributed by atoms with van der Waals surface area (Å²) in [5.41, 5.74) is 1.41. The van der Waals surface area contributed by atoms with E-state index in [1.807, 2.05) is 36.4 Å². The van der Waals surface area contributed by atoms with Crippen LogP contribution in [-0.4, -0.2) is 53.8 Å². The van der Waals surface area contributed by atoms with E-state index < -0.39 is 24.1 Å². The maximum absolute atomic E-state index is 13.4. The van der Waals surface area contributed by atoms with Gasteiger partial charge in [-0.25, -0.2) is 9.48 Å². The van der Waals surface area contributed by atoms with Crippen molar-refractivity contribution < 1.29 is 32.6 Å². The summed E-state index contributed by atoms with van der Waals surface area (Å²) in [6.45, 7) is -1.47. The Kier molecular flexibility index (Phi) is 7.38. The van der Waals surface area contributed by atoms with Gasteiger partial charge < -0.3 is 19.5 Å². The molecule has 0 bridgehead atoms. The summed E-state index contributed by atoms with van der Waals surface area (Å²) < 4.78 is 41.9. The van der Waals surface area contributed by atoms with E-state index in [1.54, 1.807) is 23.0 Å². The summed E-state index contributed by atoms with van der Waals surface area (Å²) >= 11 is 0. The van der Waals surface area contributed by atoms with E-state index in [2.05, 4.69) is 15.2 Å². The maximum Gasteiger partial charge on any atom is 0.387 e. The van der Waals surface area contributed by atoms with Crippen molar-refractivity contribution in [3.05, 3.63) is 90.1 Å². The number of carbonyl (C=O) groups excluding carboxylic acids is 2. The predicted octanol–water partition coefficient (Wildman–Crippen LogP) is 4.96. The van der Waals surface area contributed by atoms with Crippen molar-refractivity contribution in [2.24, 2.45) is 5.10 Å². The lowest BCUT2D eigenvalue weighted by Crippen LogP contribution is -2.40. The second-order valence-electron chi connectivity index (χ2n) is 9.10. The monoisotopic (exact) mass is 561 g/mol. The van der Waals surface area contributed by atoms with Gasteiger partial charge in [-0.05, 0) is 55.0 Å². The van der Waals surface area contributed by atoms with Crippen molar-refractivity contribution in [2.75, 3.05) is 14.2 Å². The zero-order chi connectivity index (χ0) is 29.1. The van der Waals surface area contributed by atoms with E-state index in [-0.39, 0.29) is 5.75 Å². The molecule has 1 fully saturated rings. The van der Waals surface area contributed by atoms with Crippen LogP contribution in [0.4, 0.5) is 13.6 Å². The Bertz CT molecular complexity index is 1610. The van der Waals surface area contributed by atoms with Crippen LogP contribution in [0.2, 0.25) is 0 Å². The fourth-order valence-electron chi connectivity index (χ4n) is 4.42. The van der Waals surface area contributed by atoms with Gasteiger partial charge in [0, 0.05) is 17.3 Å². The fourth-order valence-corrected chi connectivity index (χ4v) is 4.42. The second kappa shape index (κ2) is 11.1. The smallest absolute Gasteiger partial charge is 0.387 e. The van der Waals surface area contributed by atoms with E-state index in [0.717, 1.165) is 10.7 Å². The highest BCUT2D eigenvalue weighted by molar-refractivity contribution is 6.07. The molecule has 1 aliphatic heterocycles. The molecule has 5 rings (SSSR count). The Morgan fingerprint density at radius 2 is 1.68 bits per heavy atom. The molecule has 3 amide bonds. The molecule has 2 heterocycles. The largest absolute Gasteiger partial charge is 0.493 e. The van der Waals surface area contributed by atoms with Crippen LogP contribution in [0, 0.1) is 0 Å².